The van der Waals surface area contributed by atoms with Crippen molar-refractivity contribution in [3.8, 4) is 11.3 Å². The van der Waals surface area contributed by atoms with Crippen molar-refractivity contribution in [3.63, 3.8) is 0 Å². The topological polar surface area (TPSA) is 55.1 Å². The normalized spacial score (nSPS) is 11.0. The lowest BCUT2D eigenvalue weighted by molar-refractivity contribution is -0.111. The first-order chi connectivity index (χ1) is 12.0. The van der Waals surface area contributed by atoms with Crippen LogP contribution >= 0.6 is 27.5 Å². The second-order valence-corrected chi connectivity index (χ2v) is 6.59. The standard InChI is InChI=1S/C19H14BrClN2O2/c1-12-16(20)8-10-18(22-12)23-19(24)11-7-15-6-9-17(25-15)13-2-4-14(21)5-3-13/h2-11H,1H3,(H,22,23,24). The van der Waals surface area contributed by atoms with Crippen molar-refractivity contribution in [1.29, 1.82) is 0 Å². The molecular formula is C19H14BrClN2O2. The molecule has 3 aromatic rings. The molecule has 2 aromatic heterocycles. The number of carbonyl (C=O) groups excluding carboxylic acids is 1. The Labute approximate surface area is 158 Å². The van der Waals surface area contributed by atoms with Crippen LogP contribution in [0, 0.1) is 6.92 Å². The van der Waals surface area contributed by atoms with Crippen LogP contribution in [0.1, 0.15) is 11.5 Å². The van der Waals surface area contributed by atoms with Crippen LogP contribution in [0.2, 0.25) is 5.02 Å². The maximum atomic E-state index is 12.0. The van der Waals surface area contributed by atoms with Crippen molar-refractivity contribution in [2.75, 3.05) is 5.32 Å². The Balaban J connectivity index is 1.66. The number of carbonyl (C=O) groups is 1. The molecular weight excluding hydrogens is 404 g/mol. The van der Waals surface area contributed by atoms with Crippen molar-refractivity contribution in [2.24, 2.45) is 0 Å². The largest absolute Gasteiger partial charge is 0.457 e. The van der Waals surface area contributed by atoms with Gasteiger partial charge in [0.2, 0.25) is 5.91 Å². The molecule has 1 N–H and O–H groups in total. The Morgan fingerprint density at radius 3 is 2.64 bits per heavy atom. The summed E-state index contributed by atoms with van der Waals surface area (Å²) in [6.45, 7) is 1.86. The zero-order chi connectivity index (χ0) is 17.8. The zero-order valence-corrected chi connectivity index (χ0v) is 15.6. The van der Waals surface area contributed by atoms with Crippen LogP contribution in [0.15, 0.2) is 63.5 Å². The van der Waals surface area contributed by atoms with E-state index in [0.717, 1.165) is 15.7 Å². The molecule has 0 radical (unpaired) electrons. The lowest BCUT2D eigenvalue weighted by Gasteiger charge is -2.03. The van der Waals surface area contributed by atoms with Crippen LogP contribution in [0.25, 0.3) is 17.4 Å². The van der Waals surface area contributed by atoms with E-state index in [-0.39, 0.29) is 5.91 Å². The molecule has 0 saturated heterocycles. The molecule has 0 spiro atoms. The minimum absolute atomic E-state index is 0.279. The third-order valence-corrected chi connectivity index (χ3v) is 4.52. The van der Waals surface area contributed by atoms with Gasteiger partial charge in [-0.05, 0) is 77.5 Å². The molecule has 1 aromatic carbocycles. The van der Waals surface area contributed by atoms with Crippen LogP contribution in [0.3, 0.4) is 0 Å². The minimum atomic E-state index is -0.279. The van der Waals surface area contributed by atoms with Crippen molar-refractivity contribution < 1.29 is 9.21 Å². The van der Waals surface area contributed by atoms with E-state index in [1.807, 2.05) is 31.2 Å². The summed E-state index contributed by atoms with van der Waals surface area (Å²) >= 11 is 9.25. The first-order valence-corrected chi connectivity index (χ1v) is 8.66. The number of halogens is 2. The molecule has 4 nitrogen and oxygen atoms in total. The summed E-state index contributed by atoms with van der Waals surface area (Å²) in [6, 6.07) is 14.6. The lowest BCUT2D eigenvalue weighted by atomic mass is 10.2. The summed E-state index contributed by atoms with van der Waals surface area (Å²) in [5.41, 5.74) is 1.73. The predicted molar refractivity (Wildman–Crippen MR) is 103 cm³/mol. The number of aromatic nitrogens is 1. The molecule has 0 aliphatic heterocycles. The summed E-state index contributed by atoms with van der Waals surface area (Å²) in [5.74, 6) is 1.51. The van der Waals surface area contributed by atoms with Gasteiger partial charge in [-0.2, -0.15) is 0 Å². The van der Waals surface area contributed by atoms with E-state index in [1.54, 1.807) is 30.3 Å². The number of furan rings is 1. The molecule has 0 aliphatic carbocycles. The molecule has 0 atom stereocenters. The Kier molecular flexibility index (Phi) is 5.36. The van der Waals surface area contributed by atoms with E-state index in [1.165, 1.54) is 6.08 Å². The monoisotopic (exact) mass is 416 g/mol. The number of pyridine rings is 1. The number of rotatable bonds is 4. The number of hydrogen-bond acceptors (Lipinski definition) is 3. The highest BCUT2D eigenvalue weighted by atomic mass is 79.9. The second kappa shape index (κ2) is 7.68. The third kappa shape index (κ3) is 4.59. The number of amides is 1. The van der Waals surface area contributed by atoms with Gasteiger partial charge in [0.25, 0.3) is 0 Å². The van der Waals surface area contributed by atoms with Crippen molar-refractivity contribution in [1.82, 2.24) is 4.98 Å². The molecule has 0 unspecified atom stereocenters. The minimum Gasteiger partial charge on any atom is -0.457 e. The van der Waals surface area contributed by atoms with E-state index in [4.69, 9.17) is 16.0 Å². The molecule has 1 amide bonds. The van der Waals surface area contributed by atoms with Crippen molar-refractivity contribution in [3.05, 3.63) is 75.6 Å². The molecule has 3 rings (SSSR count). The van der Waals surface area contributed by atoms with E-state index < -0.39 is 0 Å². The van der Waals surface area contributed by atoms with Gasteiger partial charge in [-0.3, -0.25) is 4.79 Å². The number of nitrogens with zero attached hydrogens (tertiary/aromatic N) is 1. The summed E-state index contributed by atoms with van der Waals surface area (Å²) in [7, 11) is 0. The molecule has 25 heavy (non-hydrogen) atoms. The van der Waals surface area contributed by atoms with Crippen molar-refractivity contribution in [2.45, 2.75) is 6.92 Å². The number of hydrogen-bond donors (Lipinski definition) is 1. The quantitative estimate of drug-likeness (QED) is 0.553. The molecule has 0 saturated carbocycles. The van der Waals surface area contributed by atoms with Crippen LogP contribution in [-0.2, 0) is 4.79 Å². The highest BCUT2D eigenvalue weighted by Gasteiger charge is 2.05. The summed E-state index contributed by atoms with van der Waals surface area (Å²) in [4.78, 5) is 16.3. The molecule has 2 heterocycles. The Morgan fingerprint density at radius 1 is 1.16 bits per heavy atom. The Bertz CT molecular complexity index is 933. The predicted octanol–water partition coefficient (Wildman–Crippen LogP) is 5.72. The molecule has 6 heteroatoms. The highest BCUT2D eigenvalue weighted by Crippen LogP contribution is 2.24. The fraction of sp³-hybridized carbons (Fsp3) is 0.0526. The molecule has 0 bridgehead atoms. The average Bonchev–Trinajstić information content (AvgIpc) is 3.06. The zero-order valence-electron chi connectivity index (χ0n) is 13.3. The van der Waals surface area contributed by atoms with Gasteiger partial charge in [0, 0.05) is 21.1 Å². The first kappa shape index (κ1) is 17.5. The van der Waals surface area contributed by atoms with Crippen LogP contribution < -0.4 is 5.32 Å². The third-order valence-electron chi connectivity index (χ3n) is 3.43. The van der Waals surface area contributed by atoms with E-state index in [2.05, 4.69) is 26.2 Å². The van der Waals surface area contributed by atoms with Gasteiger partial charge in [0.1, 0.15) is 17.3 Å². The van der Waals surface area contributed by atoms with E-state index >= 15 is 0 Å². The summed E-state index contributed by atoms with van der Waals surface area (Å²) in [5, 5.41) is 3.38. The summed E-state index contributed by atoms with van der Waals surface area (Å²) in [6.07, 6.45) is 3.02. The van der Waals surface area contributed by atoms with Crippen LogP contribution in [0.4, 0.5) is 5.82 Å². The number of benzene rings is 1. The summed E-state index contributed by atoms with van der Waals surface area (Å²) < 4.78 is 6.61. The lowest BCUT2D eigenvalue weighted by Crippen LogP contribution is -2.09. The van der Waals surface area contributed by atoms with Gasteiger partial charge in [0.05, 0.1) is 5.69 Å². The first-order valence-electron chi connectivity index (χ1n) is 7.49. The Hall–Kier alpha value is -2.37. The SMILES string of the molecule is Cc1nc(NC(=O)C=Cc2ccc(-c3ccc(Cl)cc3)o2)ccc1Br. The molecule has 0 aliphatic rings. The van der Waals surface area contributed by atoms with Crippen LogP contribution in [0.5, 0.6) is 0 Å². The molecule has 0 fully saturated rings. The average molecular weight is 418 g/mol. The second-order valence-electron chi connectivity index (χ2n) is 5.30. The van der Waals surface area contributed by atoms with Gasteiger partial charge in [0.15, 0.2) is 0 Å². The van der Waals surface area contributed by atoms with Gasteiger partial charge in [-0.25, -0.2) is 4.98 Å². The molecule has 126 valence electrons. The highest BCUT2D eigenvalue weighted by molar-refractivity contribution is 9.10. The Morgan fingerprint density at radius 2 is 1.92 bits per heavy atom. The number of anilines is 1. The fourth-order valence-electron chi connectivity index (χ4n) is 2.15. The van der Waals surface area contributed by atoms with E-state index in [0.29, 0.717) is 22.4 Å². The van der Waals surface area contributed by atoms with E-state index in [9.17, 15) is 4.79 Å². The number of nitrogens with one attached hydrogen (secondary N) is 1. The van der Waals surface area contributed by atoms with Crippen molar-refractivity contribution >= 4 is 45.3 Å². The fourth-order valence-corrected chi connectivity index (χ4v) is 2.50. The van der Waals surface area contributed by atoms with Crippen LogP contribution in [-0.4, -0.2) is 10.9 Å². The van der Waals surface area contributed by atoms with Gasteiger partial charge in [-0.15, -0.1) is 0 Å². The number of aryl methyl sites for hydroxylation is 1. The maximum Gasteiger partial charge on any atom is 0.249 e. The van der Waals surface area contributed by atoms with Gasteiger partial charge >= 0.3 is 0 Å². The maximum absolute atomic E-state index is 12.0. The van der Waals surface area contributed by atoms with Gasteiger partial charge in [-0.1, -0.05) is 11.6 Å². The smallest absolute Gasteiger partial charge is 0.249 e. The van der Waals surface area contributed by atoms with Gasteiger partial charge < -0.3 is 9.73 Å².